The summed E-state index contributed by atoms with van der Waals surface area (Å²) in [5, 5.41) is 0. The Hall–Kier alpha value is -0.330. The monoisotopic (exact) mass is 268 g/mol. The van der Waals surface area contributed by atoms with Crippen LogP contribution in [0.2, 0.25) is 0 Å². The fourth-order valence-electron chi connectivity index (χ4n) is 2.84. The van der Waals surface area contributed by atoms with Crippen molar-refractivity contribution in [2.24, 2.45) is 5.84 Å². The molecule has 18 heavy (non-hydrogen) atoms. The average Bonchev–Trinajstić information content (AvgIpc) is 2.30. The van der Waals surface area contributed by atoms with Gasteiger partial charge in [0.2, 0.25) is 0 Å². The zero-order valence-electron chi connectivity index (χ0n) is 10.9. The van der Waals surface area contributed by atoms with Crippen LogP contribution >= 0.6 is 0 Å². The summed E-state index contributed by atoms with van der Waals surface area (Å²) in [5.74, 6) is 5.45. The molecule has 0 bridgehead atoms. The Morgan fingerprint density at radius 2 is 1.89 bits per heavy atom. The van der Waals surface area contributed by atoms with Crippen LogP contribution in [0.3, 0.4) is 0 Å². The van der Waals surface area contributed by atoms with Gasteiger partial charge in [-0.05, 0) is 26.2 Å². The van der Waals surface area contributed by atoms with Crippen LogP contribution in [0.4, 0.5) is 13.2 Å². The van der Waals surface area contributed by atoms with E-state index < -0.39 is 24.2 Å². The number of alkyl halides is 3. The van der Waals surface area contributed by atoms with Gasteiger partial charge >= 0.3 is 6.18 Å². The van der Waals surface area contributed by atoms with Gasteiger partial charge in [-0.1, -0.05) is 19.3 Å². The summed E-state index contributed by atoms with van der Waals surface area (Å²) in [4.78, 5) is 0. The second kappa shape index (κ2) is 6.73. The van der Waals surface area contributed by atoms with Crippen LogP contribution in [-0.4, -0.2) is 24.4 Å². The average molecular weight is 268 g/mol. The van der Waals surface area contributed by atoms with E-state index in [0.29, 0.717) is 6.61 Å². The van der Waals surface area contributed by atoms with Crippen molar-refractivity contribution < 1.29 is 17.9 Å². The van der Waals surface area contributed by atoms with E-state index in [2.05, 4.69) is 5.43 Å². The second-order valence-corrected chi connectivity index (χ2v) is 4.93. The van der Waals surface area contributed by atoms with Gasteiger partial charge in [-0.2, -0.15) is 13.2 Å². The molecule has 0 spiro atoms. The summed E-state index contributed by atoms with van der Waals surface area (Å²) in [6.07, 6.45) is -0.325. The summed E-state index contributed by atoms with van der Waals surface area (Å²) in [7, 11) is 0. The van der Waals surface area contributed by atoms with Crippen LogP contribution in [0.15, 0.2) is 0 Å². The molecule has 3 N–H and O–H groups in total. The molecule has 0 heterocycles. The van der Waals surface area contributed by atoms with Crippen molar-refractivity contribution in [2.45, 2.75) is 69.7 Å². The lowest BCUT2D eigenvalue weighted by Gasteiger charge is -2.43. The van der Waals surface area contributed by atoms with Crippen LogP contribution in [0, 0.1) is 0 Å². The maximum Gasteiger partial charge on any atom is 0.389 e. The van der Waals surface area contributed by atoms with Crippen molar-refractivity contribution in [3.63, 3.8) is 0 Å². The topological polar surface area (TPSA) is 47.3 Å². The van der Waals surface area contributed by atoms with Crippen LogP contribution < -0.4 is 11.3 Å². The van der Waals surface area contributed by atoms with Crippen LogP contribution in [0.5, 0.6) is 0 Å². The fraction of sp³-hybridized carbons (Fsp3) is 1.00. The minimum atomic E-state index is -4.14. The van der Waals surface area contributed by atoms with Crippen molar-refractivity contribution in [1.29, 1.82) is 0 Å². The summed E-state index contributed by atoms with van der Waals surface area (Å²) < 4.78 is 42.7. The third-order valence-electron chi connectivity index (χ3n) is 3.68. The highest BCUT2D eigenvalue weighted by molar-refractivity contribution is 4.95. The predicted octanol–water partition coefficient (Wildman–Crippen LogP) is 2.90. The van der Waals surface area contributed by atoms with E-state index in [0.717, 1.165) is 32.1 Å². The molecule has 1 rings (SSSR count). The van der Waals surface area contributed by atoms with E-state index in [1.54, 1.807) is 0 Å². The Balaban J connectivity index is 2.67. The highest BCUT2D eigenvalue weighted by atomic mass is 19.4. The number of nitrogens with one attached hydrogen (secondary N) is 1. The van der Waals surface area contributed by atoms with Gasteiger partial charge in [0.1, 0.15) is 0 Å². The molecule has 0 aromatic heterocycles. The SMILES string of the molecule is CCOC1(C(CCC(F)(F)F)NN)CCCCC1. The zero-order chi connectivity index (χ0) is 13.6. The molecule has 0 saturated heterocycles. The smallest absolute Gasteiger partial charge is 0.374 e. The van der Waals surface area contributed by atoms with Gasteiger partial charge in [-0.3, -0.25) is 11.3 Å². The lowest BCUT2D eigenvalue weighted by Crippen LogP contribution is -2.56. The Kier molecular flexibility index (Phi) is 5.88. The van der Waals surface area contributed by atoms with E-state index >= 15 is 0 Å². The molecule has 3 nitrogen and oxygen atoms in total. The first-order valence-corrected chi connectivity index (χ1v) is 6.60. The molecule has 0 amide bonds. The first-order chi connectivity index (χ1) is 8.43. The van der Waals surface area contributed by atoms with Gasteiger partial charge < -0.3 is 4.74 Å². The van der Waals surface area contributed by atoms with Crippen molar-refractivity contribution >= 4 is 0 Å². The molecule has 0 aromatic carbocycles. The number of rotatable bonds is 6. The molecule has 1 atom stereocenters. The molecule has 6 heteroatoms. The summed E-state index contributed by atoms with van der Waals surface area (Å²) in [6, 6.07) is -0.431. The number of ether oxygens (including phenoxy) is 1. The highest BCUT2D eigenvalue weighted by Crippen LogP contribution is 2.37. The Morgan fingerprint density at radius 1 is 1.28 bits per heavy atom. The minimum Gasteiger partial charge on any atom is -0.374 e. The maximum absolute atomic E-state index is 12.3. The number of nitrogens with two attached hydrogens (primary N) is 1. The molecule has 0 aliphatic heterocycles. The molecule has 1 saturated carbocycles. The minimum absolute atomic E-state index is 0.0278. The van der Waals surface area contributed by atoms with Gasteiger partial charge in [0.05, 0.1) is 11.6 Å². The van der Waals surface area contributed by atoms with Crippen LogP contribution in [0.1, 0.15) is 51.9 Å². The van der Waals surface area contributed by atoms with Crippen molar-refractivity contribution in [3.05, 3.63) is 0 Å². The summed E-state index contributed by atoms with van der Waals surface area (Å²) in [5.41, 5.74) is 2.02. The molecular weight excluding hydrogens is 245 g/mol. The van der Waals surface area contributed by atoms with Crippen LogP contribution in [0.25, 0.3) is 0 Å². The molecule has 108 valence electrons. The number of halogens is 3. The molecule has 1 unspecified atom stereocenters. The quantitative estimate of drug-likeness (QED) is 0.575. The molecule has 1 aliphatic rings. The normalized spacial score (nSPS) is 21.8. The molecule has 1 aliphatic carbocycles. The van der Waals surface area contributed by atoms with Crippen molar-refractivity contribution in [1.82, 2.24) is 5.43 Å². The van der Waals surface area contributed by atoms with Gasteiger partial charge in [0.15, 0.2) is 0 Å². The van der Waals surface area contributed by atoms with Gasteiger partial charge in [0, 0.05) is 13.0 Å². The first kappa shape index (κ1) is 15.7. The van der Waals surface area contributed by atoms with Gasteiger partial charge in [-0.25, -0.2) is 0 Å². The van der Waals surface area contributed by atoms with E-state index in [1.165, 1.54) is 0 Å². The predicted molar refractivity (Wildman–Crippen MR) is 63.8 cm³/mol. The second-order valence-electron chi connectivity index (χ2n) is 4.93. The Morgan fingerprint density at radius 3 is 2.33 bits per heavy atom. The van der Waals surface area contributed by atoms with Crippen molar-refractivity contribution in [3.8, 4) is 0 Å². The Bertz CT molecular complexity index is 234. The van der Waals surface area contributed by atoms with E-state index in [1.807, 2.05) is 6.92 Å². The molecule has 1 fully saturated rings. The van der Waals surface area contributed by atoms with Crippen LogP contribution in [-0.2, 0) is 4.74 Å². The Labute approximate surface area is 106 Å². The van der Waals surface area contributed by atoms with E-state index in [-0.39, 0.29) is 6.42 Å². The van der Waals surface area contributed by atoms with Crippen molar-refractivity contribution in [2.75, 3.05) is 6.61 Å². The largest absolute Gasteiger partial charge is 0.389 e. The summed E-state index contributed by atoms with van der Waals surface area (Å²) in [6.45, 7) is 2.37. The first-order valence-electron chi connectivity index (χ1n) is 6.60. The lowest BCUT2D eigenvalue weighted by atomic mass is 9.77. The third kappa shape index (κ3) is 4.40. The lowest BCUT2D eigenvalue weighted by molar-refractivity contribution is -0.145. The number of hydrogen-bond donors (Lipinski definition) is 2. The van der Waals surface area contributed by atoms with Gasteiger partial charge in [-0.15, -0.1) is 0 Å². The van der Waals surface area contributed by atoms with E-state index in [9.17, 15) is 13.2 Å². The maximum atomic E-state index is 12.3. The van der Waals surface area contributed by atoms with Gasteiger partial charge in [0.25, 0.3) is 0 Å². The molecule has 0 aromatic rings. The van der Waals surface area contributed by atoms with E-state index in [4.69, 9.17) is 10.6 Å². The fourth-order valence-corrected chi connectivity index (χ4v) is 2.84. The number of hydrogen-bond acceptors (Lipinski definition) is 3. The summed E-state index contributed by atoms with van der Waals surface area (Å²) >= 11 is 0. The number of hydrazine groups is 1. The third-order valence-corrected chi connectivity index (χ3v) is 3.68. The highest BCUT2D eigenvalue weighted by Gasteiger charge is 2.41. The molecular formula is C12H23F3N2O. The standard InChI is InChI=1S/C12H23F3N2O/c1-2-18-11(7-4-3-5-8-11)10(17-16)6-9-12(13,14)15/h10,17H,2-9,16H2,1H3. The zero-order valence-corrected chi connectivity index (χ0v) is 10.9. The molecule has 0 radical (unpaired) electrons.